The summed E-state index contributed by atoms with van der Waals surface area (Å²) in [7, 11) is 1.38. The highest BCUT2D eigenvalue weighted by Gasteiger charge is 2.15. The van der Waals surface area contributed by atoms with Crippen molar-refractivity contribution in [1.82, 2.24) is 0 Å². The molecule has 0 fully saturated rings. The van der Waals surface area contributed by atoms with Gasteiger partial charge in [-0.1, -0.05) is 6.92 Å². The molecule has 0 saturated carbocycles. The van der Waals surface area contributed by atoms with Crippen LogP contribution in [0.1, 0.15) is 24.8 Å². The summed E-state index contributed by atoms with van der Waals surface area (Å²) in [6.45, 7) is 1.75. The molecule has 0 aliphatic rings. The molecule has 0 heterocycles. The van der Waals surface area contributed by atoms with E-state index in [9.17, 15) is 13.6 Å². The fourth-order valence-electron chi connectivity index (χ4n) is 1.38. The number of hydrogen-bond acceptors (Lipinski definition) is 2. The fraction of sp³-hybridized carbons (Fsp3) is 0.364. The molecular weight excluding hydrogens is 202 g/mol. The Bertz CT molecular complexity index is 364. The largest absolute Gasteiger partial charge is 0.496 e. The van der Waals surface area contributed by atoms with Crippen LogP contribution in [0.15, 0.2) is 12.1 Å². The van der Waals surface area contributed by atoms with Gasteiger partial charge in [0.25, 0.3) is 0 Å². The first-order chi connectivity index (χ1) is 7.10. The third-order valence-electron chi connectivity index (χ3n) is 2.25. The Labute approximate surface area is 86.9 Å². The van der Waals surface area contributed by atoms with Crippen LogP contribution in [0.3, 0.4) is 0 Å². The van der Waals surface area contributed by atoms with E-state index in [0.29, 0.717) is 5.56 Å². The van der Waals surface area contributed by atoms with Crippen LogP contribution >= 0.6 is 0 Å². The lowest BCUT2D eigenvalue weighted by atomic mass is 9.97. The molecule has 0 aliphatic heterocycles. The van der Waals surface area contributed by atoms with Crippen molar-refractivity contribution < 1.29 is 18.3 Å². The molecule has 0 aliphatic carbocycles. The number of aldehydes is 1. The van der Waals surface area contributed by atoms with E-state index < -0.39 is 11.6 Å². The molecule has 1 aromatic rings. The summed E-state index contributed by atoms with van der Waals surface area (Å²) < 4.78 is 30.8. The summed E-state index contributed by atoms with van der Waals surface area (Å²) in [4.78, 5) is 10.3. The smallest absolute Gasteiger partial charge is 0.162 e. The lowest BCUT2D eigenvalue weighted by molar-refractivity contribution is -0.108. The normalized spacial score (nSPS) is 12.3. The molecule has 0 spiro atoms. The van der Waals surface area contributed by atoms with Crippen molar-refractivity contribution in [2.24, 2.45) is 0 Å². The Morgan fingerprint density at radius 1 is 1.40 bits per heavy atom. The van der Waals surface area contributed by atoms with E-state index in [4.69, 9.17) is 4.74 Å². The standard InChI is InChI=1S/C11H12F2O2/c1-7(3-4-14)8-5-9(12)10(13)6-11(8)15-2/h4-7H,3H2,1-2H3. The maximum atomic E-state index is 13.0. The Balaban J connectivity index is 3.14. The van der Waals surface area contributed by atoms with E-state index in [-0.39, 0.29) is 18.1 Å². The third kappa shape index (κ3) is 2.52. The minimum atomic E-state index is -0.950. The first-order valence-electron chi connectivity index (χ1n) is 4.56. The summed E-state index contributed by atoms with van der Waals surface area (Å²) >= 11 is 0. The molecular formula is C11H12F2O2. The van der Waals surface area contributed by atoms with Gasteiger partial charge in [-0.15, -0.1) is 0 Å². The second-order valence-electron chi connectivity index (χ2n) is 3.31. The van der Waals surface area contributed by atoms with Gasteiger partial charge in [-0.3, -0.25) is 0 Å². The zero-order valence-corrected chi connectivity index (χ0v) is 8.59. The molecule has 0 radical (unpaired) electrons. The number of rotatable bonds is 4. The van der Waals surface area contributed by atoms with Crippen LogP contribution in [-0.2, 0) is 4.79 Å². The summed E-state index contributed by atoms with van der Waals surface area (Å²) in [6.07, 6.45) is 0.993. The number of methoxy groups -OCH3 is 1. The van der Waals surface area contributed by atoms with Crippen molar-refractivity contribution in [3.05, 3.63) is 29.3 Å². The van der Waals surface area contributed by atoms with Gasteiger partial charge in [0.15, 0.2) is 11.6 Å². The quantitative estimate of drug-likeness (QED) is 0.720. The Morgan fingerprint density at radius 2 is 2.00 bits per heavy atom. The highest BCUT2D eigenvalue weighted by Crippen LogP contribution is 2.30. The average molecular weight is 214 g/mol. The number of ether oxygens (including phenoxy) is 1. The number of carbonyl (C=O) groups is 1. The van der Waals surface area contributed by atoms with Crippen molar-refractivity contribution in [2.75, 3.05) is 7.11 Å². The second-order valence-corrected chi connectivity index (χ2v) is 3.31. The summed E-state index contributed by atoms with van der Waals surface area (Å²) in [6, 6.07) is 2.06. The summed E-state index contributed by atoms with van der Waals surface area (Å²) in [5.41, 5.74) is 0.503. The molecule has 1 aromatic carbocycles. The van der Waals surface area contributed by atoms with Gasteiger partial charge in [0.1, 0.15) is 12.0 Å². The monoisotopic (exact) mass is 214 g/mol. The highest BCUT2D eigenvalue weighted by atomic mass is 19.2. The topological polar surface area (TPSA) is 26.3 Å². The van der Waals surface area contributed by atoms with Gasteiger partial charge in [-0.05, 0) is 12.0 Å². The van der Waals surface area contributed by atoms with Crippen molar-refractivity contribution in [1.29, 1.82) is 0 Å². The molecule has 2 nitrogen and oxygen atoms in total. The zero-order valence-electron chi connectivity index (χ0n) is 8.59. The number of halogens is 2. The van der Waals surface area contributed by atoms with Gasteiger partial charge in [-0.2, -0.15) is 0 Å². The van der Waals surface area contributed by atoms with Gasteiger partial charge in [0.05, 0.1) is 7.11 Å². The van der Waals surface area contributed by atoms with E-state index in [1.807, 2.05) is 0 Å². The van der Waals surface area contributed by atoms with Crippen LogP contribution in [0.4, 0.5) is 8.78 Å². The summed E-state index contributed by atoms with van der Waals surface area (Å²) in [5, 5.41) is 0. The molecule has 0 bridgehead atoms. The minimum absolute atomic E-state index is 0.187. The van der Waals surface area contributed by atoms with Crippen molar-refractivity contribution in [2.45, 2.75) is 19.3 Å². The van der Waals surface area contributed by atoms with E-state index in [0.717, 1.165) is 18.4 Å². The van der Waals surface area contributed by atoms with Gasteiger partial charge in [0.2, 0.25) is 0 Å². The first-order valence-corrected chi connectivity index (χ1v) is 4.56. The molecule has 82 valence electrons. The van der Waals surface area contributed by atoms with E-state index in [2.05, 4.69) is 0 Å². The van der Waals surface area contributed by atoms with E-state index >= 15 is 0 Å². The van der Waals surface area contributed by atoms with Crippen LogP contribution in [0.25, 0.3) is 0 Å². The van der Waals surface area contributed by atoms with Crippen LogP contribution in [-0.4, -0.2) is 13.4 Å². The summed E-state index contributed by atoms with van der Waals surface area (Å²) in [5.74, 6) is -1.80. The zero-order chi connectivity index (χ0) is 11.4. The van der Waals surface area contributed by atoms with Gasteiger partial charge >= 0.3 is 0 Å². The minimum Gasteiger partial charge on any atom is -0.496 e. The Kier molecular flexibility index (Phi) is 3.77. The molecule has 1 unspecified atom stereocenters. The fourth-order valence-corrected chi connectivity index (χ4v) is 1.38. The first kappa shape index (κ1) is 11.6. The van der Waals surface area contributed by atoms with Crippen molar-refractivity contribution >= 4 is 6.29 Å². The molecule has 0 saturated heterocycles. The van der Waals surface area contributed by atoms with Crippen molar-refractivity contribution in [3.63, 3.8) is 0 Å². The van der Waals surface area contributed by atoms with Gasteiger partial charge in [0, 0.05) is 18.1 Å². The molecule has 0 amide bonds. The van der Waals surface area contributed by atoms with E-state index in [1.54, 1.807) is 6.92 Å². The Morgan fingerprint density at radius 3 is 2.53 bits per heavy atom. The van der Waals surface area contributed by atoms with Crippen molar-refractivity contribution in [3.8, 4) is 5.75 Å². The second kappa shape index (κ2) is 4.87. The predicted octanol–water partition coefficient (Wildman–Crippen LogP) is 2.67. The van der Waals surface area contributed by atoms with Crippen LogP contribution < -0.4 is 4.74 Å². The molecule has 1 rings (SSSR count). The lowest BCUT2D eigenvalue weighted by Gasteiger charge is -2.13. The third-order valence-corrected chi connectivity index (χ3v) is 2.25. The molecule has 15 heavy (non-hydrogen) atoms. The van der Waals surface area contributed by atoms with Crippen LogP contribution in [0, 0.1) is 11.6 Å². The average Bonchev–Trinajstić information content (AvgIpc) is 2.21. The lowest BCUT2D eigenvalue weighted by Crippen LogP contribution is -2.01. The number of carbonyl (C=O) groups excluding carboxylic acids is 1. The molecule has 1 atom stereocenters. The van der Waals surface area contributed by atoms with E-state index in [1.165, 1.54) is 7.11 Å². The molecule has 4 heteroatoms. The van der Waals surface area contributed by atoms with Crippen LogP contribution in [0.2, 0.25) is 0 Å². The highest BCUT2D eigenvalue weighted by molar-refractivity contribution is 5.52. The molecule has 0 N–H and O–H groups in total. The van der Waals surface area contributed by atoms with Gasteiger partial charge < -0.3 is 9.53 Å². The maximum absolute atomic E-state index is 13.0. The number of benzene rings is 1. The maximum Gasteiger partial charge on any atom is 0.162 e. The Hall–Kier alpha value is -1.45. The van der Waals surface area contributed by atoms with Gasteiger partial charge in [-0.25, -0.2) is 8.78 Å². The number of hydrogen-bond donors (Lipinski definition) is 0. The van der Waals surface area contributed by atoms with Crippen LogP contribution in [0.5, 0.6) is 5.75 Å². The predicted molar refractivity (Wildman–Crippen MR) is 52.0 cm³/mol. The molecule has 0 aromatic heterocycles. The SMILES string of the molecule is COc1cc(F)c(F)cc1C(C)CC=O.